The lowest BCUT2D eigenvalue weighted by atomic mass is 10.0. The molecule has 0 radical (unpaired) electrons. The summed E-state index contributed by atoms with van der Waals surface area (Å²) in [4.78, 5) is 11.1. The Morgan fingerprint density at radius 1 is 0.933 bits per heavy atom. The molecule has 0 aliphatic rings. The molecule has 0 atom stereocenters. The minimum atomic E-state index is -0.639. The van der Waals surface area contributed by atoms with Crippen LogP contribution in [0.15, 0.2) is 54.6 Å². The summed E-state index contributed by atoms with van der Waals surface area (Å²) in [5.74, 6) is -0.639. The van der Waals surface area contributed by atoms with Crippen LogP contribution in [0.2, 0.25) is 0 Å². The van der Waals surface area contributed by atoms with Gasteiger partial charge in [-0.25, -0.2) is 4.79 Å². The average Bonchev–Trinajstić information content (AvgIpc) is 2.39. The molecule has 2 heteroatoms. The third-order valence-corrected chi connectivity index (χ3v) is 2.23. The van der Waals surface area contributed by atoms with Gasteiger partial charge >= 0.3 is 5.97 Å². The van der Waals surface area contributed by atoms with Crippen LogP contribution in [0.5, 0.6) is 0 Å². The Morgan fingerprint density at radius 3 is 2.13 bits per heavy atom. The molecule has 1 N–H and O–H groups in total. The fourth-order valence-corrected chi connectivity index (χ4v) is 1.43. The van der Waals surface area contributed by atoms with Crippen LogP contribution >= 0.6 is 0 Å². The molecule has 0 saturated carbocycles. The first kappa shape index (κ1) is 8.24. The number of aromatic carboxylic acids is 1. The van der Waals surface area contributed by atoms with Gasteiger partial charge in [0.05, 0.1) is 5.56 Å². The Bertz CT molecular complexity index is 477. The Balaban J connectivity index is 2.30. The molecule has 0 unspecified atom stereocenters. The van der Waals surface area contributed by atoms with Gasteiger partial charge in [-0.05, 0) is 23.3 Å². The summed E-state index contributed by atoms with van der Waals surface area (Å²) in [5, 5.41) is 3.89. The summed E-state index contributed by atoms with van der Waals surface area (Å²) < 4.78 is 6.51. The van der Waals surface area contributed by atoms with Crippen LogP contribution in [0.25, 0.3) is 12.6 Å². The lowest BCUT2D eigenvalue weighted by Gasteiger charge is -2.01. The van der Waals surface area contributed by atoms with E-state index in [4.69, 9.17) is 1.43 Å². The largest absolute Gasteiger partial charge is 0.478 e. The van der Waals surface area contributed by atoms with E-state index in [9.17, 15) is 4.79 Å². The van der Waals surface area contributed by atoms with Crippen molar-refractivity contribution in [1.82, 2.24) is 0 Å². The molecule has 15 heavy (non-hydrogen) atoms. The quantitative estimate of drug-likeness (QED) is 0.807. The van der Waals surface area contributed by atoms with Gasteiger partial charge in [-0.1, -0.05) is 42.5 Å². The average molecular weight is 199 g/mol. The number of carbonyl (C=O) groups is 1. The van der Waals surface area contributed by atoms with Gasteiger partial charge in [0.15, 0.2) is 0 Å². The van der Waals surface area contributed by atoms with Gasteiger partial charge in [0.25, 0.3) is 1.43 Å². The third-order valence-electron chi connectivity index (χ3n) is 2.23. The number of hydrogen-bond acceptors (Lipinski definition) is 2. The van der Waals surface area contributed by atoms with E-state index in [0.29, 0.717) is 5.56 Å². The highest BCUT2D eigenvalue weighted by Crippen LogP contribution is 2.18. The monoisotopic (exact) mass is 199 g/mol. The van der Waals surface area contributed by atoms with Crippen molar-refractivity contribution in [1.29, 1.82) is 1.43 Å². The first-order valence-electron chi connectivity index (χ1n) is 5.05. The number of hydrogen-bond donors (Lipinski definition) is 1. The van der Waals surface area contributed by atoms with Crippen molar-refractivity contribution >= 4 is 5.97 Å². The van der Waals surface area contributed by atoms with Gasteiger partial charge in [0.1, 0.15) is 0 Å². The van der Waals surface area contributed by atoms with E-state index in [-0.39, 0.29) is 0 Å². The zero-order valence-corrected chi connectivity index (χ0v) is 8.01. The van der Waals surface area contributed by atoms with Crippen LogP contribution in [0.4, 0.5) is 0 Å². The smallest absolute Gasteiger partial charge is 0.335 e. The molecule has 74 valence electrons. The summed E-state index contributed by atoms with van der Waals surface area (Å²) >= 11 is 0. The van der Waals surface area contributed by atoms with Crippen molar-refractivity contribution < 1.29 is 9.90 Å². The van der Waals surface area contributed by atoms with Crippen molar-refractivity contribution in [2.45, 2.75) is 0 Å². The minimum Gasteiger partial charge on any atom is -0.478 e. The summed E-state index contributed by atoms with van der Waals surface area (Å²) in [6.45, 7) is 0. The maximum atomic E-state index is 11.1. The molecule has 0 spiro atoms. The molecule has 0 fully saturated rings. The topological polar surface area (TPSA) is 37.3 Å². The maximum Gasteiger partial charge on any atom is 0.335 e. The van der Waals surface area contributed by atoms with E-state index in [1.807, 2.05) is 42.5 Å². The van der Waals surface area contributed by atoms with Gasteiger partial charge < -0.3 is 5.11 Å². The highest BCUT2D eigenvalue weighted by Gasteiger charge is 2.02. The molecule has 2 rings (SSSR count). The normalized spacial score (nSPS) is 10.5. The van der Waals surface area contributed by atoms with E-state index >= 15 is 0 Å². The highest BCUT2D eigenvalue weighted by atomic mass is 16.4. The van der Waals surface area contributed by atoms with E-state index in [1.54, 1.807) is 12.1 Å². The molecule has 2 aromatic rings. The Morgan fingerprint density at radius 2 is 1.53 bits per heavy atom. The summed E-state index contributed by atoms with van der Waals surface area (Å²) in [7, 11) is 0. The Labute approximate surface area is 89.3 Å². The van der Waals surface area contributed by atoms with Crippen LogP contribution in [0.3, 0.4) is 0 Å². The third kappa shape index (κ3) is 2.05. The van der Waals surface area contributed by atoms with Gasteiger partial charge in [-0.3, -0.25) is 0 Å². The molecule has 2 nitrogen and oxygen atoms in total. The van der Waals surface area contributed by atoms with Gasteiger partial charge in [-0.2, -0.15) is 0 Å². The SMILES string of the molecule is [2H]OC(=O)c1ccc(-c2ccccc2)cc1. The number of carboxylic acid groups (broad SMARTS) is 1. The van der Waals surface area contributed by atoms with Crippen molar-refractivity contribution in [2.24, 2.45) is 0 Å². The van der Waals surface area contributed by atoms with Crippen LogP contribution in [-0.2, 0) is 0 Å². The lowest BCUT2D eigenvalue weighted by Crippen LogP contribution is -1.94. The number of benzene rings is 2. The van der Waals surface area contributed by atoms with Gasteiger partial charge in [0, 0.05) is 0 Å². The molecule has 0 aromatic heterocycles. The first-order valence-corrected chi connectivity index (χ1v) is 4.64. The second kappa shape index (κ2) is 3.96. The van der Waals surface area contributed by atoms with E-state index < -0.39 is 5.97 Å². The molecule has 0 aliphatic heterocycles. The lowest BCUT2D eigenvalue weighted by molar-refractivity contribution is 0.0697. The molecular formula is C13H10O2. The van der Waals surface area contributed by atoms with Crippen LogP contribution < -0.4 is 0 Å². The standard InChI is InChI=1S/C13H10O2/c14-13(15)12-8-6-11(7-9-12)10-4-2-1-3-5-10/h1-9H,(H,14,15)/i/hD. The van der Waals surface area contributed by atoms with E-state index in [1.165, 1.54) is 0 Å². The van der Waals surface area contributed by atoms with Crippen molar-refractivity contribution in [3.05, 3.63) is 60.2 Å². The van der Waals surface area contributed by atoms with Crippen LogP contribution in [0.1, 0.15) is 10.4 Å². The molecule has 0 saturated heterocycles. The summed E-state index contributed by atoms with van der Waals surface area (Å²) in [6, 6.07) is 16.8. The highest BCUT2D eigenvalue weighted by molar-refractivity contribution is 5.88. The number of carboxylic acids is 1. The van der Waals surface area contributed by atoms with Crippen molar-refractivity contribution in [2.75, 3.05) is 0 Å². The number of rotatable bonds is 2. The molecule has 0 amide bonds. The van der Waals surface area contributed by atoms with Gasteiger partial charge in [-0.15, -0.1) is 0 Å². The Hall–Kier alpha value is -2.09. The minimum absolute atomic E-state index is 0.384. The Kier molecular flexibility index (Phi) is 2.18. The second-order valence-electron chi connectivity index (χ2n) is 3.23. The van der Waals surface area contributed by atoms with Crippen LogP contribution in [-0.4, -0.2) is 11.1 Å². The fraction of sp³-hybridized carbons (Fsp3) is 0. The van der Waals surface area contributed by atoms with E-state index in [2.05, 4.69) is 5.11 Å². The molecule has 0 bridgehead atoms. The first-order chi connectivity index (χ1) is 7.81. The molecule has 0 aliphatic carbocycles. The van der Waals surface area contributed by atoms with Crippen LogP contribution in [0, 0.1) is 0 Å². The van der Waals surface area contributed by atoms with Gasteiger partial charge in [0.2, 0.25) is 0 Å². The molecule has 0 heterocycles. The fourth-order valence-electron chi connectivity index (χ4n) is 1.43. The zero-order valence-electron chi connectivity index (χ0n) is 9.01. The van der Waals surface area contributed by atoms with E-state index in [0.717, 1.165) is 11.1 Å². The maximum absolute atomic E-state index is 11.1. The van der Waals surface area contributed by atoms with Crippen molar-refractivity contribution in [3.63, 3.8) is 0 Å². The predicted octanol–water partition coefficient (Wildman–Crippen LogP) is 3.05. The molecular weight excluding hydrogens is 188 g/mol. The predicted molar refractivity (Wildman–Crippen MR) is 58.8 cm³/mol. The second-order valence-corrected chi connectivity index (χ2v) is 3.23. The summed E-state index contributed by atoms with van der Waals surface area (Å²) in [6.07, 6.45) is 0. The summed E-state index contributed by atoms with van der Waals surface area (Å²) in [5.41, 5.74) is 2.50. The van der Waals surface area contributed by atoms with Crippen molar-refractivity contribution in [3.8, 4) is 11.1 Å². The zero-order chi connectivity index (χ0) is 11.4. The molecule has 2 aromatic carbocycles.